The van der Waals surface area contributed by atoms with Crippen molar-refractivity contribution in [1.82, 2.24) is 9.80 Å². The van der Waals surface area contributed by atoms with Gasteiger partial charge in [0.15, 0.2) is 0 Å². The number of piperazine rings is 1. The van der Waals surface area contributed by atoms with E-state index < -0.39 is 5.92 Å². The fraction of sp³-hybridized carbons (Fsp3) is 0.360. The van der Waals surface area contributed by atoms with E-state index in [9.17, 15) is 19.2 Å². The van der Waals surface area contributed by atoms with Crippen LogP contribution in [0, 0.1) is 5.92 Å². The minimum atomic E-state index is -0.510. The van der Waals surface area contributed by atoms with Gasteiger partial charge in [-0.1, -0.05) is 30.3 Å². The number of carbonyl (C=O) groups is 4. The normalized spacial score (nSPS) is 18.1. The van der Waals surface area contributed by atoms with Crippen LogP contribution in [0.3, 0.4) is 0 Å². The first-order valence-corrected chi connectivity index (χ1v) is 11.4. The van der Waals surface area contributed by atoms with Gasteiger partial charge in [0.25, 0.3) is 5.91 Å². The van der Waals surface area contributed by atoms with Gasteiger partial charge in [-0.25, -0.2) is 4.79 Å². The zero-order valence-electron chi connectivity index (χ0n) is 19.1. The number of hydrogen-bond acceptors (Lipinski definition) is 5. The summed E-state index contributed by atoms with van der Waals surface area (Å²) < 4.78 is 5.03. The van der Waals surface area contributed by atoms with Gasteiger partial charge in [-0.3, -0.25) is 14.4 Å². The molecule has 9 heteroatoms. The Labute approximate surface area is 198 Å². The van der Waals surface area contributed by atoms with Gasteiger partial charge in [0.05, 0.1) is 23.8 Å². The maximum atomic E-state index is 13.2. The molecule has 2 saturated heterocycles. The third kappa shape index (κ3) is 5.03. The van der Waals surface area contributed by atoms with Crippen LogP contribution in [-0.2, 0) is 14.3 Å². The van der Waals surface area contributed by atoms with Crippen molar-refractivity contribution in [3.8, 4) is 0 Å². The van der Waals surface area contributed by atoms with Crippen molar-refractivity contribution in [3.05, 3.63) is 60.2 Å². The second-order valence-corrected chi connectivity index (χ2v) is 8.25. The van der Waals surface area contributed by atoms with Crippen molar-refractivity contribution in [2.75, 3.05) is 49.5 Å². The van der Waals surface area contributed by atoms with Gasteiger partial charge in [0, 0.05) is 44.8 Å². The summed E-state index contributed by atoms with van der Waals surface area (Å²) in [6, 6.07) is 16.1. The molecule has 4 rings (SSSR count). The molecular formula is C25H28N4O5. The van der Waals surface area contributed by atoms with E-state index in [4.69, 9.17) is 4.74 Å². The molecule has 4 amide bonds. The van der Waals surface area contributed by atoms with Crippen molar-refractivity contribution in [2.24, 2.45) is 5.92 Å². The number of amides is 4. The smallest absolute Gasteiger partial charge is 0.409 e. The summed E-state index contributed by atoms with van der Waals surface area (Å²) in [6.07, 6.45) is -0.259. The van der Waals surface area contributed by atoms with Gasteiger partial charge in [-0.05, 0) is 31.2 Å². The lowest BCUT2D eigenvalue weighted by Crippen LogP contribution is -2.50. The minimum Gasteiger partial charge on any atom is -0.450 e. The number of hydrogen-bond donors (Lipinski definition) is 1. The van der Waals surface area contributed by atoms with E-state index in [1.807, 2.05) is 30.3 Å². The second-order valence-electron chi connectivity index (χ2n) is 8.25. The van der Waals surface area contributed by atoms with Crippen molar-refractivity contribution in [1.29, 1.82) is 0 Å². The quantitative estimate of drug-likeness (QED) is 0.733. The zero-order chi connectivity index (χ0) is 24.1. The van der Waals surface area contributed by atoms with Crippen molar-refractivity contribution >= 4 is 35.2 Å². The summed E-state index contributed by atoms with van der Waals surface area (Å²) in [5, 5.41) is 2.86. The molecule has 2 aliphatic heterocycles. The monoisotopic (exact) mass is 464 g/mol. The average molecular weight is 465 g/mol. The third-order valence-corrected chi connectivity index (χ3v) is 6.07. The lowest BCUT2D eigenvalue weighted by molar-refractivity contribution is -0.122. The van der Waals surface area contributed by atoms with E-state index in [0.29, 0.717) is 50.6 Å². The van der Waals surface area contributed by atoms with E-state index in [2.05, 4.69) is 5.32 Å². The van der Waals surface area contributed by atoms with Crippen LogP contribution >= 0.6 is 0 Å². The van der Waals surface area contributed by atoms with E-state index in [0.717, 1.165) is 5.69 Å². The first-order valence-electron chi connectivity index (χ1n) is 11.4. The number of nitrogens with zero attached hydrogens (tertiary/aromatic N) is 3. The Morgan fingerprint density at radius 3 is 2.29 bits per heavy atom. The molecule has 1 atom stereocenters. The molecular weight excluding hydrogens is 436 g/mol. The van der Waals surface area contributed by atoms with Crippen LogP contribution in [0.15, 0.2) is 54.6 Å². The molecule has 0 aromatic heterocycles. The van der Waals surface area contributed by atoms with Crippen molar-refractivity contribution in [3.63, 3.8) is 0 Å². The molecule has 0 aliphatic carbocycles. The van der Waals surface area contributed by atoms with Gasteiger partial charge in [0.1, 0.15) is 0 Å². The Balaban J connectivity index is 1.40. The molecule has 1 N–H and O–H groups in total. The second kappa shape index (κ2) is 10.4. The Morgan fingerprint density at radius 2 is 1.59 bits per heavy atom. The first kappa shape index (κ1) is 23.3. The van der Waals surface area contributed by atoms with Crippen LogP contribution in [-0.4, -0.2) is 72.9 Å². The molecule has 178 valence electrons. The van der Waals surface area contributed by atoms with Crippen LogP contribution in [0.25, 0.3) is 0 Å². The van der Waals surface area contributed by atoms with Gasteiger partial charge in [-0.15, -0.1) is 0 Å². The highest BCUT2D eigenvalue weighted by Gasteiger charge is 2.35. The fourth-order valence-electron chi connectivity index (χ4n) is 4.23. The molecule has 2 fully saturated rings. The van der Waals surface area contributed by atoms with Crippen LogP contribution in [0.5, 0.6) is 0 Å². The summed E-state index contributed by atoms with van der Waals surface area (Å²) in [6.45, 7) is 3.88. The first-order chi connectivity index (χ1) is 16.5. The number of carbonyl (C=O) groups excluding carboxylic acids is 4. The number of benzene rings is 2. The highest BCUT2D eigenvalue weighted by atomic mass is 16.6. The van der Waals surface area contributed by atoms with Gasteiger partial charge in [-0.2, -0.15) is 0 Å². The molecule has 9 nitrogen and oxygen atoms in total. The van der Waals surface area contributed by atoms with Gasteiger partial charge in [0.2, 0.25) is 11.8 Å². The SMILES string of the molecule is CCOC(=O)N1CCN(C(=O)c2ccccc2NC(=O)C2CC(=O)N(c3ccccc3)C2)CC1. The van der Waals surface area contributed by atoms with Gasteiger partial charge >= 0.3 is 6.09 Å². The molecule has 34 heavy (non-hydrogen) atoms. The summed E-state index contributed by atoms with van der Waals surface area (Å²) in [5.74, 6) is -1.12. The number of rotatable bonds is 5. The van der Waals surface area contributed by atoms with E-state index >= 15 is 0 Å². The van der Waals surface area contributed by atoms with E-state index in [1.54, 1.807) is 45.9 Å². The maximum Gasteiger partial charge on any atom is 0.409 e. The number of para-hydroxylation sites is 2. The Hall–Kier alpha value is -3.88. The standard InChI is InChI=1S/C25H28N4O5/c1-2-34-25(33)28-14-12-27(13-15-28)24(32)20-10-6-7-11-21(20)26-23(31)18-16-22(30)29(17-18)19-8-4-3-5-9-19/h3-11,18H,2,12-17H2,1H3,(H,26,31). The van der Waals surface area contributed by atoms with Crippen molar-refractivity contribution < 1.29 is 23.9 Å². The Bertz CT molecular complexity index is 1070. The van der Waals surface area contributed by atoms with Crippen LogP contribution in [0.4, 0.5) is 16.2 Å². The average Bonchev–Trinajstić information content (AvgIpc) is 3.26. The van der Waals surface area contributed by atoms with Crippen LogP contribution in [0.1, 0.15) is 23.7 Å². The minimum absolute atomic E-state index is 0.102. The summed E-state index contributed by atoms with van der Waals surface area (Å²) >= 11 is 0. The lowest BCUT2D eigenvalue weighted by Gasteiger charge is -2.34. The Morgan fingerprint density at radius 1 is 0.941 bits per heavy atom. The molecule has 2 aromatic rings. The third-order valence-electron chi connectivity index (χ3n) is 6.07. The molecule has 0 bridgehead atoms. The highest BCUT2D eigenvalue weighted by Crippen LogP contribution is 2.27. The summed E-state index contributed by atoms with van der Waals surface area (Å²) in [5.41, 5.74) is 1.56. The summed E-state index contributed by atoms with van der Waals surface area (Å²) in [7, 11) is 0. The molecule has 0 saturated carbocycles. The predicted octanol–water partition coefficient (Wildman–Crippen LogP) is 2.59. The van der Waals surface area contributed by atoms with Crippen LogP contribution < -0.4 is 10.2 Å². The molecule has 2 aliphatic rings. The van der Waals surface area contributed by atoms with E-state index in [-0.39, 0.29) is 30.2 Å². The Kier molecular flexibility index (Phi) is 7.10. The van der Waals surface area contributed by atoms with E-state index in [1.165, 1.54) is 0 Å². The molecule has 1 unspecified atom stereocenters. The van der Waals surface area contributed by atoms with Crippen molar-refractivity contribution in [2.45, 2.75) is 13.3 Å². The van der Waals surface area contributed by atoms with Gasteiger partial charge < -0.3 is 24.8 Å². The maximum absolute atomic E-state index is 13.2. The highest BCUT2D eigenvalue weighted by molar-refractivity contribution is 6.07. The molecule has 0 spiro atoms. The summed E-state index contributed by atoms with van der Waals surface area (Å²) in [4.78, 5) is 55.4. The molecule has 0 radical (unpaired) electrons. The number of nitrogens with one attached hydrogen (secondary N) is 1. The number of anilines is 2. The number of ether oxygens (including phenoxy) is 1. The fourth-order valence-corrected chi connectivity index (χ4v) is 4.23. The molecule has 2 aromatic carbocycles. The van der Waals surface area contributed by atoms with Crippen LogP contribution in [0.2, 0.25) is 0 Å². The largest absolute Gasteiger partial charge is 0.450 e. The zero-order valence-corrected chi connectivity index (χ0v) is 19.1. The predicted molar refractivity (Wildman–Crippen MR) is 126 cm³/mol. The lowest BCUT2D eigenvalue weighted by atomic mass is 10.1. The topological polar surface area (TPSA) is 99.3 Å². The molecule has 2 heterocycles.